The number of carbonyl (C=O) groups is 1. The van der Waals surface area contributed by atoms with Crippen LogP contribution in [0.15, 0.2) is 78.9 Å². The standard InChI is InChI=1S/C9H11.C7H7NO.C6H10.C2H4.Ti/c1-2-5-9-7-3-6-8(9)4-1;8-7(9)6-4-2-1-3-5-6;1-5(2)6(3)4;1-2;/h1-2,4-6,8-9H,3,7H2;1-5H,(H2,8,9);1,3H2,2,4H3;1-2H2;/q;;;;+1/p-1. The van der Waals surface area contributed by atoms with Gasteiger partial charge in [-0.3, -0.25) is 0 Å². The first-order valence-electron chi connectivity index (χ1n) is 9.97. The first-order valence-corrected chi connectivity index (χ1v) is 13.9. The van der Waals surface area contributed by atoms with Crippen molar-refractivity contribution in [2.24, 2.45) is 11.8 Å². The molecule has 0 spiro atoms. The second kappa shape index (κ2) is 8.58. The third-order valence-corrected chi connectivity index (χ3v) is 13.1. The van der Waals surface area contributed by atoms with Crippen LogP contribution in [0.3, 0.4) is 0 Å². The molecule has 2 nitrogen and oxygen atoms in total. The van der Waals surface area contributed by atoms with Crippen molar-refractivity contribution in [2.45, 2.75) is 40.4 Å². The maximum atomic E-state index is 12.5. The number of allylic oxidation sites excluding steroid dienone is 6. The van der Waals surface area contributed by atoms with Crippen molar-refractivity contribution in [3.8, 4) is 0 Å². The summed E-state index contributed by atoms with van der Waals surface area (Å²) in [6.45, 7) is 11.2. The molecule has 1 amide bonds. The summed E-state index contributed by atoms with van der Waals surface area (Å²) in [5, 5.41) is 0. The number of hydrogen-bond donors (Lipinski definition) is 1. The molecule has 1 aliphatic heterocycles. The van der Waals surface area contributed by atoms with Crippen LogP contribution >= 0.6 is 0 Å². The summed E-state index contributed by atoms with van der Waals surface area (Å²) < 4.78 is 6.99. The zero-order chi connectivity index (χ0) is 19.4. The molecule has 4 rings (SSSR count). The van der Waals surface area contributed by atoms with Crippen LogP contribution in [0.4, 0.5) is 0 Å². The Hall–Kier alpha value is -1.64. The van der Waals surface area contributed by atoms with Gasteiger partial charge in [0.2, 0.25) is 0 Å². The molecule has 3 heteroatoms. The molecule has 142 valence electrons. The number of benzene rings is 1. The van der Waals surface area contributed by atoms with E-state index in [1.54, 1.807) is 0 Å². The SMILES string of the molecule is C=C(C)C(=C)C.O=C([NH][Ti]1([CH]2CCC3C=CC=CC32)[CH2][CH2]1)c1ccccc1. The van der Waals surface area contributed by atoms with Crippen LogP contribution in [-0.2, 0) is 16.8 Å². The predicted octanol–water partition coefficient (Wildman–Crippen LogP) is 6.41. The molecular weight excluding hydrogens is 366 g/mol. The van der Waals surface area contributed by atoms with E-state index in [0.717, 1.165) is 26.9 Å². The van der Waals surface area contributed by atoms with E-state index in [9.17, 15) is 4.79 Å². The normalized spacial score (nSPS) is 26.4. The molecule has 1 saturated heterocycles. The van der Waals surface area contributed by atoms with Gasteiger partial charge >= 0.3 is 130 Å². The van der Waals surface area contributed by atoms with E-state index in [-0.39, 0.29) is 5.91 Å². The molecule has 1 heterocycles. The van der Waals surface area contributed by atoms with Gasteiger partial charge in [0.25, 0.3) is 0 Å². The van der Waals surface area contributed by atoms with Crippen LogP contribution in [-0.4, -0.2) is 5.91 Å². The topological polar surface area (TPSA) is 29.1 Å². The quantitative estimate of drug-likeness (QED) is 0.461. The zero-order valence-electron chi connectivity index (χ0n) is 16.6. The summed E-state index contributed by atoms with van der Waals surface area (Å²) in [4.78, 5) is 12.5. The van der Waals surface area contributed by atoms with E-state index in [0.29, 0.717) is 5.92 Å². The van der Waals surface area contributed by atoms with Gasteiger partial charge in [-0.15, -0.1) is 0 Å². The fourth-order valence-corrected chi connectivity index (χ4v) is 12.0. The number of amides is 1. The molecule has 3 atom stereocenters. The Kier molecular flexibility index (Phi) is 6.39. The van der Waals surface area contributed by atoms with Gasteiger partial charge in [0.1, 0.15) is 0 Å². The van der Waals surface area contributed by atoms with Gasteiger partial charge in [-0.05, 0) is 13.8 Å². The summed E-state index contributed by atoms with van der Waals surface area (Å²) in [5.74, 6) is 1.61. The van der Waals surface area contributed by atoms with Crippen molar-refractivity contribution < 1.29 is 21.6 Å². The predicted molar refractivity (Wildman–Crippen MR) is 111 cm³/mol. The monoisotopic (exact) mass is 397 g/mol. The van der Waals surface area contributed by atoms with Gasteiger partial charge in [-0.1, -0.05) is 24.3 Å². The minimum absolute atomic E-state index is 0.173. The molecule has 1 aromatic carbocycles. The van der Waals surface area contributed by atoms with Crippen LogP contribution < -0.4 is 3.80 Å². The molecule has 0 bridgehead atoms. The van der Waals surface area contributed by atoms with Gasteiger partial charge in [-0.2, -0.15) is 0 Å². The number of nitrogens with one attached hydrogen (secondary N) is 1. The molecular formula is C24H31NOTi. The van der Waals surface area contributed by atoms with Crippen LogP contribution in [0, 0.1) is 11.8 Å². The number of fused-ring (bicyclic) bond motifs is 1. The van der Waals surface area contributed by atoms with E-state index in [1.165, 1.54) is 22.3 Å². The Labute approximate surface area is 167 Å². The Morgan fingerprint density at radius 1 is 1.00 bits per heavy atom. The van der Waals surface area contributed by atoms with E-state index >= 15 is 0 Å². The third-order valence-electron chi connectivity index (χ3n) is 6.20. The molecule has 2 aliphatic carbocycles. The molecule has 1 N–H and O–H groups in total. The molecule has 3 unspecified atom stereocenters. The van der Waals surface area contributed by atoms with Crippen molar-refractivity contribution in [3.05, 3.63) is 84.5 Å². The number of rotatable bonds is 4. The van der Waals surface area contributed by atoms with E-state index in [4.69, 9.17) is 0 Å². The van der Waals surface area contributed by atoms with Crippen molar-refractivity contribution in [3.63, 3.8) is 0 Å². The van der Waals surface area contributed by atoms with Gasteiger partial charge in [0.05, 0.1) is 0 Å². The second-order valence-corrected chi connectivity index (χ2v) is 15.0. The van der Waals surface area contributed by atoms with Gasteiger partial charge in [0, 0.05) is 0 Å². The first-order chi connectivity index (χ1) is 12.9. The molecule has 1 saturated carbocycles. The van der Waals surface area contributed by atoms with Crippen LogP contribution in [0.5, 0.6) is 0 Å². The Bertz CT molecular complexity index is 761. The second-order valence-electron chi connectivity index (χ2n) is 8.23. The van der Waals surface area contributed by atoms with Crippen LogP contribution in [0.25, 0.3) is 0 Å². The minimum atomic E-state index is -2.12. The number of hydrogen-bond acceptors (Lipinski definition) is 1. The average Bonchev–Trinajstić information content (AvgIpc) is 3.31. The summed E-state index contributed by atoms with van der Waals surface area (Å²) in [5.41, 5.74) is 2.95. The first kappa shape index (κ1) is 20.1. The van der Waals surface area contributed by atoms with Crippen molar-refractivity contribution >= 4 is 5.91 Å². The summed E-state index contributed by atoms with van der Waals surface area (Å²) in [6.07, 6.45) is 11.8. The van der Waals surface area contributed by atoms with Crippen molar-refractivity contribution in [2.75, 3.05) is 0 Å². The van der Waals surface area contributed by atoms with Gasteiger partial charge in [-0.25, -0.2) is 0 Å². The molecule has 3 aliphatic rings. The third kappa shape index (κ3) is 4.80. The van der Waals surface area contributed by atoms with Crippen LogP contribution in [0.2, 0.25) is 13.7 Å². The van der Waals surface area contributed by atoms with E-state index in [2.05, 4.69) is 41.3 Å². The van der Waals surface area contributed by atoms with E-state index < -0.39 is 16.8 Å². The molecule has 2 fully saturated rings. The fourth-order valence-electron chi connectivity index (χ4n) is 4.21. The maximum absolute atomic E-state index is 12.5. The summed E-state index contributed by atoms with van der Waals surface area (Å²) in [7, 11) is 0. The Morgan fingerprint density at radius 3 is 2.22 bits per heavy atom. The molecule has 0 radical (unpaired) electrons. The zero-order valence-corrected chi connectivity index (χ0v) is 18.1. The number of carbonyl (C=O) groups excluding carboxylic acids is 1. The molecule has 1 aromatic rings. The van der Waals surface area contributed by atoms with Gasteiger partial charge in [0.15, 0.2) is 0 Å². The fraction of sp³-hybridized carbons (Fsp3) is 0.375. The molecule has 27 heavy (non-hydrogen) atoms. The average molecular weight is 397 g/mol. The van der Waals surface area contributed by atoms with Crippen LogP contribution in [0.1, 0.15) is 37.0 Å². The van der Waals surface area contributed by atoms with Gasteiger partial charge < -0.3 is 0 Å². The van der Waals surface area contributed by atoms with E-state index in [1.807, 2.05) is 44.2 Å². The summed E-state index contributed by atoms with van der Waals surface area (Å²) >= 11 is -2.12. The van der Waals surface area contributed by atoms with Crippen molar-refractivity contribution in [1.29, 1.82) is 0 Å². The Morgan fingerprint density at radius 2 is 1.63 bits per heavy atom. The molecule has 0 aromatic heterocycles. The summed E-state index contributed by atoms with van der Waals surface area (Å²) in [6, 6.07) is 9.71. The van der Waals surface area contributed by atoms with Crippen molar-refractivity contribution in [1.82, 2.24) is 3.80 Å². The Balaban J connectivity index is 0.000000307.